The molecule has 0 saturated heterocycles. The summed E-state index contributed by atoms with van der Waals surface area (Å²) in [7, 11) is 1.57. The summed E-state index contributed by atoms with van der Waals surface area (Å²) in [6.45, 7) is 3.89. The largest absolute Gasteiger partial charge is 0.497 e. The number of nitrogens with two attached hydrogens (primary N) is 1. The van der Waals surface area contributed by atoms with Gasteiger partial charge in [0.15, 0.2) is 0 Å². The molecule has 1 aliphatic rings. The molecule has 6 nitrogen and oxygen atoms in total. The lowest BCUT2D eigenvalue weighted by molar-refractivity contribution is -0.138. The molecule has 2 aromatic carbocycles. The van der Waals surface area contributed by atoms with Crippen LogP contribution in [0.1, 0.15) is 29.5 Å². The molecule has 3 rings (SSSR count). The van der Waals surface area contributed by atoms with Crippen LogP contribution in [-0.4, -0.2) is 19.7 Å². The molecule has 1 aliphatic heterocycles. The summed E-state index contributed by atoms with van der Waals surface area (Å²) in [4.78, 5) is 13.0. The second-order valence-corrected chi connectivity index (χ2v) is 6.53. The maximum atomic E-state index is 13.0. The highest BCUT2D eigenvalue weighted by Crippen LogP contribution is 2.43. The Bertz CT molecular complexity index is 1010. The van der Waals surface area contributed by atoms with Crippen LogP contribution < -0.4 is 10.5 Å². The molecular weight excluding hydrogens is 368 g/mol. The van der Waals surface area contributed by atoms with Crippen LogP contribution in [0.5, 0.6) is 5.75 Å². The van der Waals surface area contributed by atoms with Crippen molar-refractivity contribution in [3.63, 3.8) is 0 Å². The maximum absolute atomic E-state index is 13.0. The van der Waals surface area contributed by atoms with Crippen molar-refractivity contribution >= 4 is 11.7 Å². The molecule has 0 fully saturated rings. The van der Waals surface area contributed by atoms with Crippen LogP contribution in [-0.2, 0) is 14.3 Å². The molecule has 0 amide bonds. The molecule has 0 bridgehead atoms. The number of esters is 1. The fourth-order valence-electron chi connectivity index (χ4n) is 3.23. The molecule has 1 atom stereocenters. The van der Waals surface area contributed by atoms with Gasteiger partial charge in [-0.15, -0.1) is 0 Å². The number of ether oxygens (including phenoxy) is 3. The van der Waals surface area contributed by atoms with Crippen LogP contribution >= 0.6 is 0 Å². The first-order valence-electron chi connectivity index (χ1n) is 9.20. The van der Waals surface area contributed by atoms with E-state index in [1.54, 1.807) is 38.3 Å². The molecule has 29 heavy (non-hydrogen) atoms. The molecular formula is C23H22N2O4. The average Bonchev–Trinajstić information content (AvgIpc) is 2.73. The van der Waals surface area contributed by atoms with E-state index < -0.39 is 11.9 Å². The summed E-state index contributed by atoms with van der Waals surface area (Å²) in [5, 5.41) is 9.74. The summed E-state index contributed by atoms with van der Waals surface area (Å²) in [6, 6.07) is 16.8. The SMILES string of the molecule is CCOC(=O)C1=C(c2ccc(OC)cc2)OC(N)=C(C#N)C1c1ccc(C)cc1. The van der Waals surface area contributed by atoms with Gasteiger partial charge in [-0.25, -0.2) is 4.79 Å². The Morgan fingerprint density at radius 3 is 2.38 bits per heavy atom. The Balaban J connectivity index is 2.24. The minimum Gasteiger partial charge on any atom is -0.497 e. The second kappa shape index (κ2) is 8.53. The lowest BCUT2D eigenvalue weighted by atomic mass is 9.82. The number of hydrogen-bond donors (Lipinski definition) is 1. The highest BCUT2D eigenvalue weighted by molar-refractivity contribution is 5.99. The predicted molar refractivity (Wildman–Crippen MR) is 108 cm³/mol. The fraction of sp³-hybridized carbons (Fsp3) is 0.217. The van der Waals surface area contributed by atoms with Gasteiger partial charge in [0.1, 0.15) is 23.2 Å². The summed E-state index contributed by atoms with van der Waals surface area (Å²) in [6.07, 6.45) is 0. The molecule has 0 aromatic heterocycles. The number of aryl methyl sites for hydroxylation is 1. The third-order valence-corrected chi connectivity index (χ3v) is 4.68. The van der Waals surface area contributed by atoms with Crippen molar-refractivity contribution in [1.29, 1.82) is 5.26 Å². The number of rotatable bonds is 5. The van der Waals surface area contributed by atoms with Crippen LogP contribution in [0, 0.1) is 18.3 Å². The van der Waals surface area contributed by atoms with Gasteiger partial charge in [0.05, 0.1) is 25.2 Å². The molecule has 0 spiro atoms. The second-order valence-electron chi connectivity index (χ2n) is 6.53. The van der Waals surface area contributed by atoms with E-state index in [-0.39, 0.29) is 29.4 Å². The van der Waals surface area contributed by atoms with Gasteiger partial charge in [-0.3, -0.25) is 0 Å². The number of carbonyl (C=O) groups excluding carboxylic acids is 1. The van der Waals surface area contributed by atoms with Crippen molar-refractivity contribution in [1.82, 2.24) is 0 Å². The Labute approximate surface area is 169 Å². The molecule has 2 N–H and O–H groups in total. The summed E-state index contributed by atoms with van der Waals surface area (Å²) < 4.78 is 16.3. The highest BCUT2D eigenvalue weighted by Gasteiger charge is 2.38. The minimum atomic E-state index is -0.689. The van der Waals surface area contributed by atoms with Crippen molar-refractivity contribution in [3.05, 3.63) is 82.3 Å². The third-order valence-electron chi connectivity index (χ3n) is 4.68. The fourth-order valence-corrected chi connectivity index (χ4v) is 3.23. The first kappa shape index (κ1) is 20.0. The standard InChI is InChI=1S/C23H22N2O4/c1-4-28-23(26)20-19(15-7-5-14(2)6-8-15)18(13-24)22(25)29-21(20)16-9-11-17(27-3)12-10-16/h5-12,19H,4,25H2,1-3H3. The van der Waals surface area contributed by atoms with E-state index in [1.807, 2.05) is 31.2 Å². The van der Waals surface area contributed by atoms with Crippen molar-refractivity contribution in [2.75, 3.05) is 13.7 Å². The molecule has 0 saturated carbocycles. The van der Waals surface area contributed by atoms with Crippen molar-refractivity contribution in [3.8, 4) is 11.8 Å². The van der Waals surface area contributed by atoms with Gasteiger partial charge in [0.25, 0.3) is 0 Å². The normalized spacial score (nSPS) is 16.1. The first-order chi connectivity index (χ1) is 14.0. The van der Waals surface area contributed by atoms with E-state index in [1.165, 1.54) is 0 Å². The molecule has 148 valence electrons. The number of methoxy groups -OCH3 is 1. The van der Waals surface area contributed by atoms with Gasteiger partial charge in [-0.1, -0.05) is 29.8 Å². The molecule has 0 aliphatic carbocycles. The zero-order valence-corrected chi connectivity index (χ0v) is 16.6. The lowest BCUT2D eigenvalue weighted by Gasteiger charge is -2.28. The van der Waals surface area contributed by atoms with Gasteiger partial charge in [0.2, 0.25) is 5.88 Å². The van der Waals surface area contributed by atoms with E-state index in [2.05, 4.69) is 6.07 Å². The van der Waals surface area contributed by atoms with E-state index in [9.17, 15) is 10.1 Å². The quantitative estimate of drug-likeness (QED) is 0.781. The number of allylic oxidation sites excluding steroid dienone is 1. The van der Waals surface area contributed by atoms with Gasteiger partial charge in [-0.05, 0) is 43.7 Å². The van der Waals surface area contributed by atoms with Crippen LogP contribution in [0.25, 0.3) is 5.76 Å². The van der Waals surface area contributed by atoms with Crippen LogP contribution in [0.3, 0.4) is 0 Å². The van der Waals surface area contributed by atoms with Gasteiger partial charge < -0.3 is 19.9 Å². The summed E-state index contributed by atoms with van der Waals surface area (Å²) in [5.74, 6) is -0.334. The van der Waals surface area contributed by atoms with E-state index >= 15 is 0 Å². The van der Waals surface area contributed by atoms with Gasteiger partial charge in [-0.2, -0.15) is 5.26 Å². The van der Waals surface area contributed by atoms with E-state index in [0.717, 1.165) is 11.1 Å². The molecule has 1 heterocycles. The van der Waals surface area contributed by atoms with Crippen LogP contribution in [0.15, 0.2) is 65.6 Å². The predicted octanol–water partition coefficient (Wildman–Crippen LogP) is 3.79. The maximum Gasteiger partial charge on any atom is 0.338 e. The van der Waals surface area contributed by atoms with Crippen molar-refractivity contribution in [2.24, 2.45) is 5.73 Å². The van der Waals surface area contributed by atoms with E-state index in [0.29, 0.717) is 11.3 Å². The van der Waals surface area contributed by atoms with E-state index in [4.69, 9.17) is 19.9 Å². The monoisotopic (exact) mass is 390 g/mol. The Morgan fingerprint density at radius 1 is 1.17 bits per heavy atom. The number of hydrogen-bond acceptors (Lipinski definition) is 6. The van der Waals surface area contributed by atoms with Crippen molar-refractivity contribution in [2.45, 2.75) is 19.8 Å². The number of nitrogens with zero attached hydrogens (tertiary/aromatic N) is 1. The van der Waals surface area contributed by atoms with Gasteiger partial charge >= 0.3 is 5.97 Å². The third kappa shape index (κ3) is 3.94. The zero-order valence-electron chi connectivity index (χ0n) is 16.6. The number of carbonyl (C=O) groups is 1. The van der Waals surface area contributed by atoms with Crippen LogP contribution in [0.2, 0.25) is 0 Å². The number of benzene rings is 2. The first-order valence-corrected chi connectivity index (χ1v) is 9.20. The number of nitriles is 1. The van der Waals surface area contributed by atoms with Crippen molar-refractivity contribution < 1.29 is 19.0 Å². The summed E-state index contributed by atoms with van der Waals surface area (Å²) >= 11 is 0. The smallest absolute Gasteiger partial charge is 0.338 e. The van der Waals surface area contributed by atoms with Crippen LogP contribution in [0.4, 0.5) is 0 Å². The Hall–Kier alpha value is -3.72. The highest BCUT2D eigenvalue weighted by atomic mass is 16.5. The molecule has 2 aromatic rings. The molecule has 6 heteroatoms. The topological polar surface area (TPSA) is 94.6 Å². The average molecular weight is 390 g/mol. The Kier molecular flexibility index (Phi) is 5.89. The summed E-state index contributed by atoms with van der Waals surface area (Å²) in [5.41, 5.74) is 8.96. The molecule has 1 unspecified atom stereocenters. The zero-order chi connectivity index (χ0) is 21.0. The minimum absolute atomic E-state index is 0.0306. The Morgan fingerprint density at radius 2 is 1.83 bits per heavy atom. The molecule has 0 radical (unpaired) electrons. The lowest BCUT2D eigenvalue weighted by Crippen LogP contribution is -2.25. The van der Waals surface area contributed by atoms with Gasteiger partial charge in [0, 0.05) is 5.56 Å².